The van der Waals surface area contributed by atoms with Crippen LogP contribution in [0.2, 0.25) is 39.3 Å². The maximum absolute atomic E-state index is 4.77. The first-order valence-corrected chi connectivity index (χ1v) is 34.7. The van der Waals surface area contributed by atoms with Crippen molar-refractivity contribution >= 4 is 89.5 Å². The zero-order chi connectivity index (χ0) is 53.4. The SMILES string of the molecule is CC(C)c1ccc(-c2[c-]cc([Si](C)(C)C)c3c2sc2ccccc23)nc1.CC(C)c1ccc(-c2[c-]ccc3c2sc2cccc([Si](C)(C)C)c23)nc1.[Ir].[Ir].[c-]1ccccc1-c1ccccn1.[c-]1ccccc1-c1ccccn1. The molecule has 0 spiro atoms. The molecule has 0 saturated heterocycles. The quantitative estimate of drug-likeness (QED) is 0.112. The van der Waals surface area contributed by atoms with Crippen LogP contribution in [-0.2, 0) is 40.2 Å². The second-order valence-corrected chi connectivity index (χ2v) is 33.7. The molecule has 12 rings (SSSR count). The molecule has 12 aromatic rings. The molecule has 0 fully saturated rings. The standard InChI is InChI=1S/2C23H24NSSi.2C11H8N.2Ir/c1-15(2)16-12-13-19(24-14-16)17-8-6-9-18-22-20(25-23(17)18)10-7-11-21(22)26(3,4)5;1-15(2)16-10-12-19(24-14-16)17-11-13-21(26(3,4)5)22-18-8-6-7-9-20(18)25-23(17)22;2*1-2-6-10(7-3-1)11-8-4-5-9-12-11;;/h6-7,9-15H,1-5H3;6-10,12-15H,1-5H3;2*1-6,8-9H;;/q4*-1;;. The van der Waals surface area contributed by atoms with E-state index in [9.17, 15) is 0 Å². The molecule has 0 atom stereocenters. The number of hydrogen-bond donors (Lipinski definition) is 0. The predicted octanol–water partition coefficient (Wildman–Crippen LogP) is 18.3. The molecule has 0 aliphatic carbocycles. The zero-order valence-corrected chi connectivity index (χ0v) is 54.3. The normalized spacial score (nSPS) is 11.2. The zero-order valence-electron chi connectivity index (χ0n) is 45.9. The summed E-state index contributed by atoms with van der Waals surface area (Å²) in [7, 11) is -2.89. The van der Waals surface area contributed by atoms with E-state index in [0.717, 1.165) is 45.0 Å². The van der Waals surface area contributed by atoms with Gasteiger partial charge in [-0.15, -0.1) is 118 Å². The average molecular weight is 1440 g/mol. The fourth-order valence-corrected chi connectivity index (χ4v) is 14.9. The summed E-state index contributed by atoms with van der Waals surface area (Å²) in [5, 5.41) is 8.63. The van der Waals surface area contributed by atoms with Crippen LogP contribution in [0.15, 0.2) is 195 Å². The van der Waals surface area contributed by atoms with Crippen molar-refractivity contribution in [3.8, 4) is 45.0 Å². The van der Waals surface area contributed by atoms with Crippen molar-refractivity contribution in [3.63, 3.8) is 0 Å². The Labute approximate surface area is 499 Å². The Morgan fingerprint density at radius 3 is 1.40 bits per heavy atom. The van der Waals surface area contributed by atoms with Crippen molar-refractivity contribution in [1.29, 1.82) is 0 Å². The van der Waals surface area contributed by atoms with E-state index in [0.29, 0.717) is 11.8 Å². The van der Waals surface area contributed by atoms with E-state index in [1.54, 1.807) is 17.6 Å². The van der Waals surface area contributed by atoms with Gasteiger partial charge < -0.3 is 19.9 Å². The topological polar surface area (TPSA) is 51.6 Å². The summed E-state index contributed by atoms with van der Waals surface area (Å²) in [4.78, 5) is 18.0. The van der Waals surface area contributed by atoms with Crippen molar-refractivity contribution in [2.45, 2.75) is 78.8 Å². The number of fused-ring (bicyclic) bond motifs is 6. The minimum atomic E-state index is -1.47. The molecule has 0 unspecified atom stereocenters. The van der Waals surface area contributed by atoms with Crippen LogP contribution in [0.25, 0.3) is 85.4 Å². The molecule has 398 valence electrons. The van der Waals surface area contributed by atoms with Crippen molar-refractivity contribution in [1.82, 2.24) is 19.9 Å². The summed E-state index contributed by atoms with van der Waals surface area (Å²) >= 11 is 3.75. The van der Waals surface area contributed by atoms with Gasteiger partial charge in [-0.05, 0) is 90.2 Å². The molecular weight excluding hydrogens is 1380 g/mol. The molecular formula is C68H64Ir2N4S2Si2-4. The first kappa shape index (κ1) is 59.7. The summed E-state index contributed by atoms with van der Waals surface area (Å²) in [6.07, 6.45) is 7.60. The van der Waals surface area contributed by atoms with Gasteiger partial charge in [-0.2, -0.15) is 22.7 Å². The van der Waals surface area contributed by atoms with E-state index in [-0.39, 0.29) is 40.2 Å². The van der Waals surface area contributed by atoms with Crippen molar-refractivity contribution in [2.75, 3.05) is 0 Å². The predicted molar refractivity (Wildman–Crippen MR) is 334 cm³/mol. The number of hydrogen-bond acceptors (Lipinski definition) is 6. The summed E-state index contributed by atoms with van der Waals surface area (Å²) in [5.74, 6) is 0.999. The summed E-state index contributed by atoms with van der Waals surface area (Å²) < 4.78 is 5.36. The van der Waals surface area contributed by atoms with Crippen molar-refractivity contribution < 1.29 is 40.2 Å². The fourth-order valence-electron chi connectivity index (χ4n) is 9.10. The Morgan fingerprint density at radius 1 is 0.397 bits per heavy atom. The molecule has 0 saturated carbocycles. The Kier molecular flexibility index (Phi) is 20.6. The first-order valence-electron chi connectivity index (χ1n) is 26.1. The Morgan fingerprint density at radius 2 is 0.910 bits per heavy atom. The van der Waals surface area contributed by atoms with E-state index >= 15 is 0 Å². The van der Waals surface area contributed by atoms with Crippen LogP contribution in [0.5, 0.6) is 0 Å². The maximum atomic E-state index is 4.77. The molecule has 0 aliphatic rings. The van der Waals surface area contributed by atoms with Gasteiger partial charge >= 0.3 is 0 Å². The first-order chi connectivity index (χ1) is 36.7. The number of thiophene rings is 2. The number of nitrogens with zero attached hydrogens (tertiary/aromatic N) is 4. The van der Waals surface area contributed by atoms with Gasteiger partial charge in [0.15, 0.2) is 0 Å². The Hall–Kier alpha value is -5.91. The average Bonchev–Trinajstić information content (AvgIpc) is 4.14. The van der Waals surface area contributed by atoms with Crippen LogP contribution in [0.3, 0.4) is 0 Å². The molecule has 6 heterocycles. The van der Waals surface area contributed by atoms with Gasteiger partial charge in [0, 0.05) is 82.5 Å². The van der Waals surface area contributed by atoms with Crippen LogP contribution < -0.4 is 10.4 Å². The molecule has 0 bridgehead atoms. The molecule has 0 N–H and O–H groups in total. The third-order valence-corrected chi connectivity index (χ3v) is 19.7. The van der Waals surface area contributed by atoms with Crippen LogP contribution in [0, 0.1) is 24.3 Å². The fraction of sp³-hybridized carbons (Fsp3) is 0.176. The van der Waals surface area contributed by atoms with Crippen molar-refractivity contribution in [3.05, 3.63) is 230 Å². The van der Waals surface area contributed by atoms with E-state index in [2.05, 4.69) is 186 Å². The molecule has 6 aromatic carbocycles. The van der Waals surface area contributed by atoms with Gasteiger partial charge in [0.25, 0.3) is 0 Å². The van der Waals surface area contributed by atoms with Gasteiger partial charge in [0.2, 0.25) is 0 Å². The number of rotatable bonds is 8. The third-order valence-electron chi connectivity index (χ3n) is 13.2. The smallest absolute Gasteiger partial charge is 0.0783 e. The van der Waals surface area contributed by atoms with Gasteiger partial charge in [-0.25, -0.2) is 0 Å². The molecule has 10 heteroatoms. The monoisotopic (exact) mass is 1440 g/mol. The largest absolute Gasteiger partial charge is 0.305 e. The summed E-state index contributed by atoms with van der Waals surface area (Å²) in [6, 6.07) is 71.5. The Balaban J connectivity index is 0.000000158. The second kappa shape index (κ2) is 26.8. The van der Waals surface area contributed by atoms with E-state index in [1.807, 2.05) is 120 Å². The minimum Gasteiger partial charge on any atom is -0.305 e. The van der Waals surface area contributed by atoms with Crippen LogP contribution in [-0.4, -0.2) is 36.1 Å². The van der Waals surface area contributed by atoms with Gasteiger partial charge in [-0.1, -0.05) is 162 Å². The molecule has 6 aromatic heterocycles. The van der Waals surface area contributed by atoms with E-state index in [1.165, 1.54) is 56.7 Å². The third kappa shape index (κ3) is 14.1. The Bertz CT molecular complexity index is 3670. The molecule has 0 amide bonds. The molecule has 4 nitrogen and oxygen atoms in total. The number of benzene rings is 6. The van der Waals surface area contributed by atoms with Crippen LogP contribution in [0.1, 0.15) is 50.7 Å². The van der Waals surface area contributed by atoms with Gasteiger partial charge in [0.05, 0.1) is 8.07 Å². The second-order valence-electron chi connectivity index (χ2n) is 21.5. The number of aromatic nitrogens is 4. The van der Waals surface area contributed by atoms with E-state index < -0.39 is 16.1 Å². The van der Waals surface area contributed by atoms with Gasteiger partial charge in [-0.3, -0.25) is 0 Å². The van der Waals surface area contributed by atoms with Crippen molar-refractivity contribution in [2.24, 2.45) is 0 Å². The molecule has 78 heavy (non-hydrogen) atoms. The summed E-state index contributed by atoms with van der Waals surface area (Å²) in [5.41, 5.74) is 10.9. The summed E-state index contributed by atoms with van der Waals surface area (Å²) in [6.45, 7) is 23.3. The minimum absolute atomic E-state index is 0. The maximum Gasteiger partial charge on any atom is 0.0783 e. The van der Waals surface area contributed by atoms with Gasteiger partial charge in [0.1, 0.15) is 0 Å². The molecule has 0 aliphatic heterocycles. The molecule has 2 radical (unpaired) electrons. The number of pyridine rings is 4. The van der Waals surface area contributed by atoms with Crippen LogP contribution >= 0.6 is 22.7 Å². The van der Waals surface area contributed by atoms with Crippen LogP contribution in [0.4, 0.5) is 0 Å². The van der Waals surface area contributed by atoms with E-state index in [4.69, 9.17) is 9.97 Å².